The normalized spacial score (nSPS) is 14.3. The number of anilines is 3. The van der Waals surface area contributed by atoms with E-state index in [1.807, 2.05) is 0 Å². The van der Waals surface area contributed by atoms with Gasteiger partial charge in [0.25, 0.3) is 0 Å². The van der Waals surface area contributed by atoms with E-state index in [0.29, 0.717) is 0 Å². The Hall–Kier alpha value is -7.22. The van der Waals surface area contributed by atoms with Crippen LogP contribution in [0.5, 0.6) is 0 Å². The first-order chi connectivity index (χ1) is 30.3. The molecule has 0 N–H and O–H groups in total. The average Bonchev–Trinajstić information content (AvgIpc) is 3.69. The smallest absolute Gasteiger partial charge is 0.0465 e. The molecule has 0 heterocycles. The van der Waals surface area contributed by atoms with Gasteiger partial charge < -0.3 is 4.90 Å². The summed E-state index contributed by atoms with van der Waals surface area (Å²) in [6.07, 6.45) is 0. The Morgan fingerprint density at radius 3 is 1.34 bits per heavy atom. The standard InChI is InChI=1S/C61H49N/c1-60(2)55-24-13-11-22-51(55)53-36-32-47(39-57(53)60)59(43-16-7-5-8-17-43)44-28-26-41(27-29-44)45-18-15-19-46(38-45)42-30-33-49(34-31-42)62(48-20-9-6-10-21-48)50-35-37-54-52-23-12-14-25-56(52)61(3,4)58(54)40-50/h5-40,59H,1-4H3. The molecule has 298 valence electrons. The van der Waals surface area contributed by atoms with Gasteiger partial charge in [-0.2, -0.15) is 0 Å². The lowest BCUT2D eigenvalue weighted by molar-refractivity contribution is 0.659. The van der Waals surface area contributed by atoms with E-state index in [0.717, 1.165) is 17.1 Å². The fraction of sp³-hybridized carbons (Fsp3) is 0.115. The lowest BCUT2D eigenvalue weighted by atomic mass is 9.79. The average molecular weight is 796 g/mol. The van der Waals surface area contributed by atoms with Crippen LogP contribution in [0.3, 0.4) is 0 Å². The minimum atomic E-state index is -0.0732. The number of rotatable bonds is 8. The summed E-state index contributed by atoms with van der Waals surface area (Å²) in [7, 11) is 0. The highest BCUT2D eigenvalue weighted by Crippen LogP contribution is 2.52. The summed E-state index contributed by atoms with van der Waals surface area (Å²) < 4.78 is 0. The SMILES string of the molecule is CC1(C)c2ccccc2-c2ccc(C(c3ccccc3)c3ccc(-c4cccc(-c5ccc(N(c6ccccc6)c6ccc7c(c6)C(C)(C)c6ccccc6-7)cc5)c4)cc3)cc21. The Labute approximate surface area is 366 Å². The van der Waals surface area contributed by atoms with Crippen LogP contribution in [0.4, 0.5) is 17.1 Å². The van der Waals surface area contributed by atoms with Crippen LogP contribution in [-0.4, -0.2) is 0 Å². The lowest BCUT2D eigenvalue weighted by Gasteiger charge is -2.28. The van der Waals surface area contributed by atoms with E-state index in [-0.39, 0.29) is 16.7 Å². The van der Waals surface area contributed by atoms with Crippen molar-refractivity contribution in [1.82, 2.24) is 0 Å². The van der Waals surface area contributed by atoms with E-state index in [1.54, 1.807) is 0 Å². The zero-order valence-electron chi connectivity index (χ0n) is 35.8. The van der Waals surface area contributed by atoms with Gasteiger partial charge in [0, 0.05) is 33.8 Å². The van der Waals surface area contributed by atoms with E-state index in [4.69, 9.17) is 0 Å². The van der Waals surface area contributed by atoms with Gasteiger partial charge in [0.05, 0.1) is 0 Å². The highest BCUT2D eigenvalue weighted by Gasteiger charge is 2.37. The van der Waals surface area contributed by atoms with Gasteiger partial charge in [0.1, 0.15) is 0 Å². The largest absolute Gasteiger partial charge is 0.310 e. The molecule has 0 amide bonds. The molecule has 2 aliphatic carbocycles. The van der Waals surface area contributed by atoms with Gasteiger partial charge in [-0.15, -0.1) is 0 Å². The van der Waals surface area contributed by atoms with E-state index in [9.17, 15) is 0 Å². The maximum atomic E-state index is 2.47. The van der Waals surface area contributed by atoms with Crippen molar-refractivity contribution in [3.05, 3.63) is 257 Å². The zero-order chi connectivity index (χ0) is 42.0. The van der Waals surface area contributed by atoms with Crippen molar-refractivity contribution in [3.8, 4) is 44.5 Å². The molecule has 62 heavy (non-hydrogen) atoms. The maximum Gasteiger partial charge on any atom is 0.0465 e. The lowest BCUT2D eigenvalue weighted by Crippen LogP contribution is -2.16. The van der Waals surface area contributed by atoms with Crippen LogP contribution in [0.1, 0.15) is 72.6 Å². The van der Waals surface area contributed by atoms with Gasteiger partial charge in [-0.25, -0.2) is 0 Å². The summed E-state index contributed by atoms with van der Waals surface area (Å²) in [4.78, 5) is 2.38. The third-order valence-electron chi connectivity index (χ3n) is 13.8. The van der Waals surface area contributed by atoms with Gasteiger partial charge >= 0.3 is 0 Å². The Bertz CT molecular complexity index is 2890. The molecular formula is C61H49N. The first-order valence-electron chi connectivity index (χ1n) is 22.0. The van der Waals surface area contributed by atoms with Crippen molar-refractivity contribution in [1.29, 1.82) is 0 Å². The molecule has 0 aromatic heterocycles. The molecule has 9 aromatic rings. The highest BCUT2D eigenvalue weighted by atomic mass is 15.1. The van der Waals surface area contributed by atoms with Crippen molar-refractivity contribution in [3.63, 3.8) is 0 Å². The molecule has 0 saturated carbocycles. The van der Waals surface area contributed by atoms with Gasteiger partial charge in [0.15, 0.2) is 0 Å². The quantitative estimate of drug-likeness (QED) is 0.139. The predicted molar refractivity (Wildman–Crippen MR) is 261 cm³/mol. The predicted octanol–water partition coefficient (Wildman–Crippen LogP) is 16.3. The molecule has 1 heteroatoms. The fourth-order valence-corrected chi connectivity index (χ4v) is 10.5. The minimum Gasteiger partial charge on any atom is -0.310 e. The Kier molecular flexibility index (Phi) is 8.98. The van der Waals surface area contributed by atoms with Crippen LogP contribution >= 0.6 is 0 Å². The Morgan fingerprint density at radius 1 is 0.290 bits per heavy atom. The number of benzene rings is 9. The van der Waals surface area contributed by atoms with Crippen LogP contribution in [0, 0.1) is 0 Å². The summed E-state index contributed by atoms with van der Waals surface area (Å²) in [6, 6.07) is 80.9. The van der Waals surface area contributed by atoms with Gasteiger partial charge in [-0.1, -0.05) is 204 Å². The summed E-state index contributed by atoms with van der Waals surface area (Å²) >= 11 is 0. The first kappa shape index (κ1) is 37.8. The van der Waals surface area contributed by atoms with E-state index >= 15 is 0 Å². The molecule has 0 fully saturated rings. The molecule has 0 radical (unpaired) electrons. The van der Waals surface area contributed by atoms with Crippen molar-refractivity contribution in [2.45, 2.75) is 44.4 Å². The number of fused-ring (bicyclic) bond motifs is 6. The zero-order valence-corrected chi connectivity index (χ0v) is 35.8. The molecule has 1 unspecified atom stereocenters. The molecule has 0 bridgehead atoms. The van der Waals surface area contributed by atoms with Crippen LogP contribution in [-0.2, 0) is 10.8 Å². The number of para-hydroxylation sites is 1. The van der Waals surface area contributed by atoms with Crippen molar-refractivity contribution in [2.75, 3.05) is 4.90 Å². The monoisotopic (exact) mass is 795 g/mol. The molecule has 0 spiro atoms. The third-order valence-corrected chi connectivity index (χ3v) is 13.8. The Balaban J connectivity index is 0.896. The van der Waals surface area contributed by atoms with Crippen molar-refractivity contribution >= 4 is 17.1 Å². The van der Waals surface area contributed by atoms with Crippen molar-refractivity contribution in [2.24, 2.45) is 0 Å². The summed E-state index contributed by atoms with van der Waals surface area (Å²) in [5.41, 5.74) is 23.0. The van der Waals surface area contributed by atoms with Gasteiger partial charge in [-0.05, 0) is 126 Å². The highest BCUT2D eigenvalue weighted by molar-refractivity contribution is 5.86. The molecular weight excluding hydrogens is 747 g/mol. The van der Waals surface area contributed by atoms with E-state index in [2.05, 4.69) is 251 Å². The third kappa shape index (κ3) is 6.22. The fourth-order valence-electron chi connectivity index (χ4n) is 10.5. The molecule has 9 aromatic carbocycles. The minimum absolute atomic E-state index is 0.0488. The Morgan fingerprint density at radius 2 is 0.726 bits per heavy atom. The molecule has 2 aliphatic rings. The summed E-state index contributed by atoms with van der Waals surface area (Å²) in [5, 5.41) is 0. The second kappa shape index (κ2) is 14.8. The van der Waals surface area contributed by atoms with Crippen LogP contribution in [0.15, 0.2) is 218 Å². The number of hydrogen-bond acceptors (Lipinski definition) is 1. The van der Waals surface area contributed by atoms with Crippen LogP contribution < -0.4 is 4.90 Å². The number of nitrogens with zero attached hydrogens (tertiary/aromatic N) is 1. The van der Waals surface area contributed by atoms with Crippen LogP contribution in [0.25, 0.3) is 44.5 Å². The summed E-state index contributed by atoms with van der Waals surface area (Å²) in [6.45, 7) is 9.43. The van der Waals surface area contributed by atoms with E-state index < -0.39 is 0 Å². The van der Waals surface area contributed by atoms with E-state index in [1.165, 1.54) is 83.5 Å². The second-order valence-electron chi connectivity index (χ2n) is 18.1. The van der Waals surface area contributed by atoms with Crippen molar-refractivity contribution < 1.29 is 0 Å². The second-order valence-corrected chi connectivity index (χ2v) is 18.1. The summed E-state index contributed by atoms with van der Waals surface area (Å²) in [5.74, 6) is 0.120. The topological polar surface area (TPSA) is 3.24 Å². The maximum absolute atomic E-state index is 2.47. The van der Waals surface area contributed by atoms with Gasteiger partial charge in [0.2, 0.25) is 0 Å². The number of hydrogen-bond donors (Lipinski definition) is 0. The molecule has 0 saturated heterocycles. The first-order valence-corrected chi connectivity index (χ1v) is 22.0. The molecule has 1 nitrogen and oxygen atoms in total. The molecule has 0 aliphatic heterocycles. The van der Waals surface area contributed by atoms with Gasteiger partial charge in [-0.3, -0.25) is 0 Å². The molecule has 11 rings (SSSR count). The molecule has 1 atom stereocenters. The van der Waals surface area contributed by atoms with Crippen LogP contribution in [0.2, 0.25) is 0 Å².